The van der Waals surface area contributed by atoms with E-state index < -0.39 is 0 Å². The van der Waals surface area contributed by atoms with Crippen molar-refractivity contribution in [1.29, 1.82) is 0 Å². The first kappa shape index (κ1) is 15.4. The van der Waals surface area contributed by atoms with Crippen LogP contribution in [0, 0.1) is 12.7 Å². The maximum atomic E-state index is 13.1. The van der Waals surface area contributed by atoms with E-state index in [1.54, 1.807) is 6.07 Å². The second-order valence-corrected chi connectivity index (χ2v) is 7.24. The molecule has 4 rings (SSSR count). The van der Waals surface area contributed by atoms with E-state index in [2.05, 4.69) is 15.0 Å². The molecule has 1 aliphatic heterocycles. The Kier molecular flexibility index (Phi) is 3.90. The van der Waals surface area contributed by atoms with Crippen molar-refractivity contribution in [3.63, 3.8) is 0 Å². The van der Waals surface area contributed by atoms with Crippen molar-refractivity contribution < 1.29 is 4.39 Å². The molecular weight excluding hydrogens is 327 g/mol. The third-order valence-corrected chi connectivity index (χ3v) is 5.21. The van der Waals surface area contributed by atoms with Gasteiger partial charge in [0.05, 0.1) is 5.69 Å². The van der Waals surface area contributed by atoms with Crippen LogP contribution in [-0.2, 0) is 6.54 Å². The second kappa shape index (κ2) is 6.07. The summed E-state index contributed by atoms with van der Waals surface area (Å²) >= 11 is 1.42. The largest absolute Gasteiger partial charge is 0.291 e. The summed E-state index contributed by atoms with van der Waals surface area (Å²) in [6, 6.07) is 8.50. The molecule has 0 radical (unpaired) electrons. The van der Waals surface area contributed by atoms with Crippen LogP contribution in [0.2, 0.25) is 0 Å². The van der Waals surface area contributed by atoms with Gasteiger partial charge in [-0.15, -0.1) is 0 Å². The van der Waals surface area contributed by atoms with Gasteiger partial charge >= 0.3 is 0 Å². The highest BCUT2D eigenvalue weighted by Crippen LogP contribution is 2.32. The summed E-state index contributed by atoms with van der Waals surface area (Å²) in [4.78, 5) is 19.7. The van der Waals surface area contributed by atoms with Gasteiger partial charge in [-0.3, -0.25) is 9.69 Å². The highest BCUT2D eigenvalue weighted by molar-refractivity contribution is 7.16. The summed E-state index contributed by atoms with van der Waals surface area (Å²) in [6.45, 7) is 3.43. The number of likely N-dealkylation sites (tertiary alicyclic amines) is 1. The SMILES string of the molecule is Cc1nn2c(=O)cc(CN3CCCC3c3ccc(F)cc3)nc2s1. The van der Waals surface area contributed by atoms with Gasteiger partial charge in [0.15, 0.2) is 0 Å². The molecule has 0 amide bonds. The number of nitrogens with zero attached hydrogens (tertiary/aromatic N) is 4. The molecule has 1 unspecified atom stereocenters. The molecule has 0 spiro atoms. The van der Waals surface area contributed by atoms with Crippen LogP contribution in [0.25, 0.3) is 4.96 Å². The summed E-state index contributed by atoms with van der Waals surface area (Å²) in [7, 11) is 0. The lowest BCUT2D eigenvalue weighted by Crippen LogP contribution is -2.25. The lowest BCUT2D eigenvalue weighted by molar-refractivity contribution is 0.245. The first-order valence-electron chi connectivity index (χ1n) is 7.96. The smallest absolute Gasteiger partial charge is 0.275 e. The predicted octanol–water partition coefficient (Wildman–Crippen LogP) is 2.94. The van der Waals surface area contributed by atoms with Crippen LogP contribution in [0.4, 0.5) is 4.39 Å². The van der Waals surface area contributed by atoms with Gasteiger partial charge < -0.3 is 0 Å². The maximum Gasteiger partial charge on any atom is 0.275 e. The number of benzene rings is 1. The number of halogens is 1. The Bertz CT molecular complexity index is 934. The molecule has 0 aliphatic carbocycles. The van der Waals surface area contributed by atoms with Gasteiger partial charge in [0, 0.05) is 18.7 Å². The first-order chi connectivity index (χ1) is 11.6. The molecule has 1 atom stereocenters. The fraction of sp³-hybridized carbons (Fsp3) is 0.353. The number of rotatable bonds is 3. The third-order valence-electron chi connectivity index (χ3n) is 4.38. The second-order valence-electron chi connectivity index (χ2n) is 6.08. The molecular formula is C17H17FN4OS. The third kappa shape index (κ3) is 2.85. The summed E-state index contributed by atoms with van der Waals surface area (Å²) < 4.78 is 14.5. The van der Waals surface area contributed by atoms with E-state index in [9.17, 15) is 9.18 Å². The summed E-state index contributed by atoms with van der Waals surface area (Å²) in [5.74, 6) is -0.219. The van der Waals surface area contributed by atoms with Crippen molar-refractivity contribution in [3.05, 3.63) is 62.8 Å². The van der Waals surface area contributed by atoms with Gasteiger partial charge in [-0.1, -0.05) is 23.5 Å². The quantitative estimate of drug-likeness (QED) is 0.733. The van der Waals surface area contributed by atoms with Crippen molar-refractivity contribution in [2.45, 2.75) is 32.4 Å². The minimum absolute atomic E-state index is 0.142. The van der Waals surface area contributed by atoms with Gasteiger partial charge in [-0.05, 0) is 44.0 Å². The molecule has 0 N–H and O–H groups in total. The van der Waals surface area contributed by atoms with E-state index in [0.717, 1.165) is 35.7 Å². The number of aryl methyl sites for hydroxylation is 1. The Hall–Kier alpha value is -2.12. The van der Waals surface area contributed by atoms with E-state index in [-0.39, 0.29) is 17.4 Å². The maximum absolute atomic E-state index is 13.1. The van der Waals surface area contributed by atoms with Crippen LogP contribution < -0.4 is 5.56 Å². The van der Waals surface area contributed by atoms with Crippen LogP contribution in [-0.4, -0.2) is 26.0 Å². The molecule has 24 heavy (non-hydrogen) atoms. The molecule has 1 aliphatic rings. The summed E-state index contributed by atoms with van der Waals surface area (Å²) in [5.41, 5.74) is 1.73. The molecule has 1 fully saturated rings. The molecule has 3 aromatic rings. The zero-order valence-corrected chi connectivity index (χ0v) is 14.1. The monoisotopic (exact) mass is 344 g/mol. The average Bonchev–Trinajstić information content (AvgIpc) is 3.14. The van der Waals surface area contributed by atoms with Crippen molar-refractivity contribution >= 4 is 16.3 Å². The summed E-state index contributed by atoms with van der Waals surface area (Å²) in [5, 5.41) is 4.99. The van der Waals surface area contributed by atoms with Gasteiger partial charge in [0.2, 0.25) is 4.96 Å². The van der Waals surface area contributed by atoms with Crippen LogP contribution in [0.1, 0.15) is 35.1 Å². The van der Waals surface area contributed by atoms with Gasteiger partial charge in [0.25, 0.3) is 5.56 Å². The Morgan fingerprint density at radius 1 is 1.33 bits per heavy atom. The number of hydrogen-bond donors (Lipinski definition) is 0. The molecule has 3 heterocycles. The minimum atomic E-state index is -0.219. The van der Waals surface area contributed by atoms with Crippen LogP contribution in [0.15, 0.2) is 35.1 Å². The van der Waals surface area contributed by atoms with E-state index in [1.807, 2.05) is 19.1 Å². The molecule has 2 aromatic heterocycles. The molecule has 5 nitrogen and oxygen atoms in total. The van der Waals surface area contributed by atoms with Crippen molar-refractivity contribution in [2.24, 2.45) is 0 Å². The van der Waals surface area contributed by atoms with Gasteiger partial charge in [-0.25, -0.2) is 9.37 Å². The van der Waals surface area contributed by atoms with E-state index >= 15 is 0 Å². The van der Waals surface area contributed by atoms with E-state index in [0.29, 0.717) is 11.5 Å². The number of fused-ring (bicyclic) bond motifs is 1. The van der Waals surface area contributed by atoms with Gasteiger partial charge in [0.1, 0.15) is 10.8 Å². The normalized spacial score (nSPS) is 18.5. The van der Waals surface area contributed by atoms with Gasteiger partial charge in [-0.2, -0.15) is 9.61 Å². The van der Waals surface area contributed by atoms with Crippen LogP contribution in [0.3, 0.4) is 0 Å². The fourth-order valence-electron chi connectivity index (χ4n) is 3.32. The number of aromatic nitrogens is 3. The van der Waals surface area contributed by atoms with Crippen LogP contribution >= 0.6 is 11.3 Å². The van der Waals surface area contributed by atoms with Crippen molar-refractivity contribution in [2.75, 3.05) is 6.54 Å². The molecule has 7 heteroatoms. The Morgan fingerprint density at radius 3 is 2.92 bits per heavy atom. The Labute approximate surface area is 142 Å². The lowest BCUT2D eigenvalue weighted by atomic mass is 10.0. The van der Waals surface area contributed by atoms with Crippen molar-refractivity contribution in [1.82, 2.24) is 19.5 Å². The van der Waals surface area contributed by atoms with E-state index in [1.165, 1.54) is 28.0 Å². The van der Waals surface area contributed by atoms with E-state index in [4.69, 9.17) is 0 Å². The molecule has 124 valence electrons. The van der Waals surface area contributed by atoms with Crippen LogP contribution in [0.5, 0.6) is 0 Å². The average molecular weight is 344 g/mol. The zero-order chi connectivity index (χ0) is 16.7. The standard InChI is InChI=1S/C17H17FN4OS/c1-11-20-22-16(23)9-14(19-17(22)24-11)10-21-8-2-3-15(21)12-4-6-13(18)7-5-12/h4-7,9,15H,2-3,8,10H2,1H3. The molecule has 0 bridgehead atoms. The number of hydrogen-bond acceptors (Lipinski definition) is 5. The fourth-order valence-corrected chi connectivity index (χ4v) is 4.09. The molecule has 1 saturated heterocycles. The Morgan fingerprint density at radius 2 is 2.12 bits per heavy atom. The highest BCUT2D eigenvalue weighted by Gasteiger charge is 2.26. The highest BCUT2D eigenvalue weighted by atomic mass is 32.1. The minimum Gasteiger partial charge on any atom is -0.291 e. The Balaban J connectivity index is 1.62. The molecule has 0 saturated carbocycles. The topological polar surface area (TPSA) is 50.5 Å². The first-order valence-corrected chi connectivity index (χ1v) is 8.78. The predicted molar refractivity (Wildman–Crippen MR) is 90.7 cm³/mol. The van der Waals surface area contributed by atoms with Crippen molar-refractivity contribution in [3.8, 4) is 0 Å². The molecule has 1 aromatic carbocycles. The lowest BCUT2D eigenvalue weighted by Gasteiger charge is -2.24. The zero-order valence-electron chi connectivity index (χ0n) is 13.3. The summed E-state index contributed by atoms with van der Waals surface area (Å²) in [6.07, 6.45) is 2.12.